The van der Waals surface area contributed by atoms with Crippen molar-refractivity contribution in [1.29, 1.82) is 0 Å². The fourth-order valence-corrected chi connectivity index (χ4v) is 3.37. The van der Waals surface area contributed by atoms with E-state index in [9.17, 15) is 14.4 Å². The molecule has 1 aromatic heterocycles. The lowest BCUT2D eigenvalue weighted by atomic mass is 10.0. The number of nitrogens with two attached hydrogens (primary N) is 1. The first-order valence-electron chi connectivity index (χ1n) is 9.13. The Bertz CT molecular complexity index is 997. The van der Waals surface area contributed by atoms with Gasteiger partial charge in [-0.1, -0.05) is 18.9 Å². The van der Waals surface area contributed by atoms with E-state index >= 15 is 0 Å². The minimum absolute atomic E-state index is 0.189. The lowest BCUT2D eigenvalue weighted by Crippen LogP contribution is -2.19. The quantitative estimate of drug-likeness (QED) is 0.607. The molecule has 1 aromatic carbocycles. The lowest BCUT2D eigenvalue weighted by Gasteiger charge is -2.07. The van der Waals surface area contributed by atoms with E-state index in [-0.39, 0.29) is 18.1 Å². The van der Waals surface area contributed by atoms with Crippen molar-refractivity contribution in [2.75, 3.05) is 13.6 Å². The smallest absolute Gasteiger partial charge is 0.269 e. The summed E-state index contributed by atoms with van der Waals surface area (Å²) in [6.45, 7) is 2.41. The maximum atomic E-state index is 11.9. The Morgan fingerprint density at radius 3 is 2.93 bits per heavy atom. The van der Waals surface area contributed by atoms with Crippen LogP contribution in [0.25, 0.3) is 5.69 Å². The molecule has 1 aliphatic carbocycles. The summed E-state index contributed by atoms with van der Waals surface area (Å²) in [5.41, 5.74) is 9.21. The van der Waals surface area contributed by atoms with Crippen molar-refractivity contribution in [3.63, 3.8) is 0 Å². The van der Waals surface area contributed by atoms with Gasteiger partial charge in [-0.25, -0.2) is 4.68 Å². The summed E-state index contributed by atoms with van der Waals surface area (Å²) in [4.78, 5) is 35.6. The van der Waals surface area contributed by atoms with Crippen molar-refractivity contribution in [2.45, 2.75) is 32.1 Å². The summed E-state index contributed by atoms with van der Waals surface area (Å²) in [6, 6.07) is 7.36. The van der Waals surface area contributed by atoms with Crippen LogP contribution in [-0.2, 0) is 16.0 Å². The number of nitrogens with zero attached hydrogens (tertiary/aromatic N) is 3. The number of aromatic nitrogens is 2. The predicted octanol–water partition coefficient (Wildman–Crippen LogP) is 1.42. The van der Waals surface area contributed by atoms with Crippen LogP contribution in [0.15, 0.2) is 24.3 Å². The van der Waals surface area contributed by atoms with Crippen LogP contribution >= 0.6 is 0 Å². The van der Waals surface area contributed by atoms with Crippen molar-refractivity contribution in [1.82, 2.24) is 14.7 Å². The van der Waals surface area contributed by atoms with E-state index in [4.69, 9.17) is 5.73 Å². The minimum atomic E-state index is -0.523. The summed E-state index contributed by atoms with van der Waals surface area (Å²) in [6.07, 6.45) is 2.65. The standard InChI is InChI=1S/C21H22N4O3/c1-14-6-9-18-19(14)20(21(22)28)23-25(18)16-5-3-4-15(12-16)7-8-17(27)10-11-24(2)13-26/h3-5,12-14H,6,9-11H2,1-2H3,(H2,22,28). The van der Waals surface area contributed by atoms with Crippen LogP contribution in [-0.4, -0.2) is 46.4 Å². The van der Waals surface area contributed by atoms with Gasteiger partial charge < -0.3 is 10.6 Å². The zero-order chi connectivity index (χ0) is 20.3. The van der Waals surface area contributed by atoms with Gasteiger partial charge in [-0.3, -0.25) is 14.4 Å². The van der Waals surface area contributed by atoms with Crippen molar-refractivity contribution in [3.8, 4) is 17.5 Å². The minimum Gasteiger partial charge on any atom is -0.364 e. The van der Waals surface area contributed by atoms with Crippen LogP contribution in [0.4, 0.5) is 0 Å². The van der Waals surface area contributed by atoms with Crippen LogP contribution in [0.2, 0.25) is 0 Å². The number of benzene rings is 1. The molecule has 1 unspecified atom stereocenters. The number of primary amides is 1. The number of hydrogen-bond donors (Lipinski definition) is 1. The van der Waals surface area contributed by atoms with Gasteiger partial charge in [0.05, 0.1) is 5.69 Å². The van der Waals surface area contributed by atoms with E-state index < -0.39 is 5.91 Å². The van der Waals surface area contributed by atoms with Crippen LogP contribution in [0.3, 0.4) is 0 Å². The fraction of sp³-hybridized carbons (Fsp3) is 0.333. The first kappa shape index (κ1) is 19.4. The molecule has 7 heteroatoms. The summed E-state index contributed by atoms with van der Waals surface area (Å²) in [5, 5.41) is 4.44. The molecule has 1 aliphatic rings. The highest BCUT2D eigenvalue weighted by molar-refractivity contribution is 5.96. The zero-order valence-electron chi connectivity index (χ0n) is 15.9. The molecule has 7 nitrogen and oxygen atoms in total. The van der Waals surface area contributed by atoms with Gasteiger partial charge in [0.25, 0.3) is 5.91 Å². The van der Waals surface area contributed by atoms with Crippen LogP contribution < -0.4 is 5.73 Å². The van der Waals surface area contributed by atoms with Gasteiger partial charge in [0.2, 0.25) is 12.2 Å². The zero-order valence-corrected chi connectivity index (χ0v) is 15.9. The van der Waals surface area contributed by atoms with E-state index in [2.05, 4.69) is 23.9 Å². The second-order valence-electron chi connectivity index (χ2n) is 6.98. The van der Waals surface area contributed by atoms with Gasteiger partial charge >= 0.3 is 0 Å². The Morgan fingerprint density at radius 1 is 1.43 bits per heavy atom. The number of Topliss-reactive ketones (excluding diaryl/α,β-unsaturated/α-hetero) is 1. The second kappa shape index (κ2) is 8.09. The third-order valence-electron chi connectivity index (χ3n) is 4.87. The molecule has 2 aromatic rings. The monoisotopic (exact) mass is 378 g/mol. The van der Waals surface area contributed by atoms with E-state index in [1.165, 1.54) is 4.90 Å². The van der Waals surface area contributed by atoms with Gasteiger partial charge in [-0.05, 0) is 42.9 Å². The number of rotatable bonds is 6. The maximum Gasteiger partial charge on any atom is 0.269 e. The van der Waals surface area contributed by atoms with Gasteiger partial charge in [-0.15, -0.1) is 0 Å². The van der Waals surface area contributed by atoms with Crippen molar-refractivity contribution in [2.24, 2.45) is 5.73 Å². The molecule has 28 heavy (non-hydrogen) atoms. The van der Waals surface area contributed by atoms with E-state index in [0.717, 1.165) is 29.8 Å². The van der Waals surface area contributed by atoms with E-state index in [1.807, 2.05) is 24.3 Å². The van der Waals surface area contributed by atoms with Crippen molar-refractivity contribution >= 4 is 18.1 Å². The van der Waals surface area contributed by atoms with Crippen LogP contribution in [0, 0.1) is 11.8 Å². The molecular formula is C21H22N4O3. The number of ketones is 1. The highest BCUT2D eigenvalue weighted by Gasteiger charge is 2.30. The molecule has 0 saturated carbocycles. The molecule has 1 atom stereocenters. The fourth-order valence-electron chi connectivity index (χ4n) is 3.37. The molecule has 0 fully saturated rings. The van der Waals surface area contributed by atoms with Crippen LogP contribution in [0.5, 0.6) is 0 Å². The average Bonchev–Trinajstić information content (AvgIpc) is 3.25. The third-order valence-corrected chi connectivity index (χ3v) is 4.87. The number of hydrogen-bond acceptors (Lipinski definition) is 4. The predicted molar refractivity (Wildman–Crippen MR) is 104 cm³/mol. The van der Waals surface area contributed by atoms with Gasteiger partial charge in [-0.2, -0.15) is 5.10 Å². The molecule has 0 saturated heterocycles. The molecule has 0 spiro atoms. The third kappa shape index (κ3) is 3.96. The number of carbonyl (C=O) groups excluding carboxylic acids is 3. The van der Waals surface area contributed by atoms with Gasteiger partial charge in [0, 0.05) is 36.8 Å². The first-order chi connectivity index (χ1) is 13.4. The SMILES string of the molecule is CC1CCc2c1c(C(N)=O)nn2-c1cccc(C#CC(=O)CCN(C)C=O)c1. The molecule has 3 rings (SSSR count). The van der Waals surface area contributed by atoms with E-state index in [0.29, 0.717) is 24.2 Å². The molecular weight excluding hydrogens is 356 g/mol. The summed E-state index contributed by atoms with van der Waals surface area (Å²) in [7, 11) is 1.61. The highest BCUT2D eigenvalue weighted by atomic mass is 16.1. The molecule has 0 radical (unpaired) electrons. The molecule has 144 valence electrons. The maximum absolute atomic E-state index is 11.9. The Balaban J connectivity index is 1.86. The van der Waals surface area contributed by atoms with Gasteiger partial charge in [0.1, 0.15) is 0 Å². The summed E-state index contributed by atoms with van der Waals surface area (Å²) >= 11 is 0. The highest BCUT2D eigenvalue weighted by Crippen LogP contribution is 2.36. The van der Waals surface area contributed by atoms with Crippen LogP contribution in [0.1, 0.15) is 53.0 Å². The average molecular weight is 378 g/mol. The largest absolute Gasteiger partial charge is 0.364 e. The van der Waals surface area contributed by atoms with Crippen molar-refractivity contribution < 1.29 is 14.4 Å². The first-order valence-corrected chi connectivity index (χ1v) is 9.13. The summed E-state index contributed by atoms with van der Waals surface area (Å²) in [5.74, 6) is 4.96. The Labute approximate surface area is 163 Å². The topological polar surface area (TPSA) is 98.3 Å². The normalized spacial score (nSPS) is 14.7. The summed E-state index contributed by atoms with van der Waals surface area (Å²) < 4.78 is 1.75. The molecule has 1 heterocycles. The lowest BCUT2D eigenvalue weighted by molar-refractivity contribution is -0.118. The molecule has 0 aliphatic heterocycles. The molecule has 2 amide bonds. The number of fused-ring (bicyclic) bond motifs is 1. The van der Waals surface area contributed by atoms with Crippen molar-refractivity contribution in [3.05, 3.63) is 46.8 Å². The Kier molecular flexibility index (Phi) is 5.59. The van der Waals surface area contributed by atoms with Gasteiger partial charge in [0.15, 0.2) is 5.69 Å². The Hall–Kier alpha value is -3.40. The number of carbonyl (C=O) groups is 3. The Morgan fingerprint density at radius 2 is 2.21 bits per heavy atom. The number of amides is 2. The second-order valence-corrected chi connectivity index (χ2v) is 6.98. The molecule has 0 bridgehead atoms. The molecule has 2 N–H and O–H groups in total. The van der Waals surface area contributed by atoms with E-state index in [1.54, 1.807) is 11.7 Å².